The second-order valence-corrected chi connectivity index (χ2v) is 13.5. The van der Waals surface area contributed by atoms with Gasteiger partial charge in [-0.1, -0.05) is 35.9 Å². The number of aromatic nitrogens is 1. The van der Waals surface area contributed by atoms with Crippen molar-refractivity contribution in [2.45, 2.75) is 42.9 Å². The van der Waals surface area contributed by atoms with Crippen molar-refractivity contribution >= 4 is 65.6 Å². The molecule has 7 nitrogen and oxygen atoms in total. The first-order valence-electron chi connectivity index (χ1n) is 11.3. The molecule has 0 bridgehead atoms. The minimum Gasteiger partial charge on any atom is -0.309 e. The van der Waals surface area contributed by atoms with Crippen molar-refractivity contribution in [2.75, 3.05) is 38.6 Å². The van der Waals surface area contributed by atoms with Gasteiger partial charge in [0.2, 0.25) is 5.91 Å². The van der Waals surface area contributed by atoms with Crippen molar-refractivity contribution < 1.29 is 13.2 Å². The van der Waals surface area contributed by atoms with Crippen LogP contribution in [0.25, 0.3) is 10.2 Å². The highest BCUT2D eigenvalue weighted by Crippen LogP contribution is 2.35. The number of rotatable bonds is 9. The number of carbonyl (C=O) groups excluding carboxylic acids is 1. The van der Waals surface area contributed by atoms with Crippen LogP contribution in [0.2, 0.25) is 4.34 Å². The molecule has 1 aliphatic rings. The Labute approximate surface area is 214 Å². The zero-order valence-electron chi connectivity index (χ0n) is 19.5. The third kappa shape index (κ3) is 5.32. The summed E-state index contributed by atoms with van der Waals surface area (Å²) in [7, 11) is 0.187. The molecule has 0 radical (unpaired) electrons. The fourth-order valence-electron chi connectivity index (χ4n) is 4.14. The van der Waals surface area contributed by atoms with Crippen LogP contribution in [-0.4, -0.2) is 68.3 Å². The Morgan fingerprint density at radius 3 is 2.68 bits per heavy atom. The topological polar surface area (TPSA) is 73.8 Å². The quantitative estimate of drug-likeness (QED) is 0.393. The Bertz CT molecular complexity index is 1270. The summed E-state index contributed by atoms with van der Waals surface area (Å²) in [6, 6.07) is 8.50. The van der Waals surface area contributed by atoms with Gasteiger partial charge in [-0.3, -0.25) is 9.69 Å². The summed E-state index contributed by atoms with van der Waals surface area (Å²) < 4.78 is 29.6. The summed E-state index contributed by atoms with van der Waals surface area (Å²) in [5.74, 6) is -0.211. The highest BCUT2D eigenvalue weighted by atomic mass is 35.5. The van der Waals surface area contributed by atoms with Gasteiger partial charge in [0.25, 0.3) is 10.0 Å². The van der Waals surface area contributed by atoms with E-state index in [1.807, 2.05) is 20.2 Å². The second-order valence-electron chi connectivity index (χ2n) is 8.63. The van der Waals surface area contributed by atoms with Crippen molar-refractivity contribution in [3.05, 3.63) is 40.2 Å². The summed E-state index contributed by atoms with van der Waals surface area (Å²) >= 11 is 8.50. The van der Waals surface area contributed by atoms with Crippen LogP contribution in [0.3, 0.4) is 0 Å². The number of aryl methyl sites for hydroxylation is 1. The predicted molar refractivity (Wildman–Crippen MR) is 141 cm³/mol. The second kappa shape index (κ2) is 10.6. The largest absolute Gasteiger partial charge is 0.309 e. The van der Waals surface area contributed by atoms with Crippen molar-refractivity contribution in [1.82, 2.24) is 14.2 Å². The van der Waals surface area contributed by atoms with E-state index in [2.05, 4.69) is 24.0 Å². The summed E-state index contributed by atoms with van der Waals surface area (Å²) in [6.45, 7) is 3.72. The van der Waals surface area contributed by atoms with Gasteiger partial charge in [-0.05, 0) is 76.2 Å². The normalized spacial score (nSPS) is 17.1. The maximum absolute atomic E-state index is 13.9. The number of halogens is 1. The lowest BCUT2D eigenvalue weighted by Crippen LogP contribution is -2.48. The van der Waals surface area contributed by atoms with Crippen molar-refractivity contribution in [2.24, 2.45) is 0 Å². The fraction of sp³-hybridized carbons (Fsp3) is 0.478. The van der Waals surface area contributed by atoms with Gasteiger partial charge in [-0.15, -0.1) is 11.3 Å². The average Bonchev–Trinajstić information content (AvgIpc) is 3.54. The number of hydrogen-bond donors (Lipinski definition) is 0. The molecule has 1 atom stereocenters. The maximum Gasteiger partial charge on any atom is 0.253 e. The molecule has 1 amide bonds. The van der Waals surface area contributed by atoms with Gasteiger partial charge < -0.3 is 4.90 Å². The number of thiazole rings is 1. The van der Waals surface area contributed by atoms with Gasteiger partial charge in [0, 0.05) is 13.1 Å². The Kier molecular flexibility index (Phi) is 7.95. The van der Waals surface area contributed by atoms with Crippen LogP contribution in [0.5, 0.6) is 0 Å². The minimum absolute atomic E-state index is 0.170. The number of carbonyl (C=O) groups is 1. The molecular formula is C23H29ClN4O3S3. The molecule has 0 saturated carbocycles. The highest BCUT2D eigenvalue weighted by molar-refractivity contribution is 7.91. The van der Waals surface area contributed by atoms with Gasteiger partial charge in [0.15, 0.2) is 5.13 Å². The molecule has 1 fully saturated rings. The standard InChI is InChI=1S/C23H29ClN4O3S3/c1-4-16-8-9-17-19(15-16)32-23(25-17)27(13-6-12-26(2)3)22(29)18-7-5-14-28(18)34(30,31)21-11-10-20(24)33-21/h8-11,15,18H,4-7,12-14H2,1-3H3. The highest BCUT2D eigenvalue weighted by Gasteiger charge is 2.42. The van der Waals surface area contributed by atoms with E-state index in [9.17, 15) is 13.2 Å². The zero-order valence-corrected chi connectivity index (χ0v) is 22.7. The van der Waals surface area contributed by atoms with Gasteiger partial charge >= 0.3 is 0 Å². The monoisotopic (exact) mass is 540 g/mol. The molecule has 0 spiro atoms. The number of fused-ring (bicyclic) bond motifs is 1. The van der Waals surface area contributed by atoms with Crippen LogP contribution in [-0.2, 0) is 21.2 Å². The lowest BCUT2D eigenvalue weighted by molar-refractivity contribution is -0.121. The maximum atomic E-state index is 13.9. The summed E-state index contributed by atoms with van der Waals surface area (Å²) in [6.07, 6.45) is 2.82. The van der Waals surface area contributed by atoms with E-state index < -0.39 is 16.1 Å². The molecule has 2 aromatic heterocycles. The van der Waals surface area contributed by atoms with Crippen LogP contribution < -0.4 is 4.90 Å². The fourth-order valence-corrected chi connectivity index (χ4v) is 8.47. The Morgan fingerprint density at radius 1 is 1.21 bits per heavy atom. The third-order valence-electron chi connectivity index (χ3n) is 5.93. The summed E-state index contributed by atoms with van der Waals surface area (Å²) in [5, 5.41) is 0.621. The Morgan fingerprint density at radius 2 is 2.00 bits per heavy atom. The van der Waals surface area contributed by atoms with E-state index in [-0.39, 0.29) is 10.1 Å². The number of thiophene rings is 1. The van der Waals surface area contributed by atoms with Crippen molar-refractivity contribution in [3.8, 4) is 0 Å². The Balaban J connectivity index is 1.66. The smallest absolute Gasteiger partial charge is 0.253 e. The number of anilines is 1. The minimum atomic E-state index is -3.80. The molecule has 184 valence electrons. The molecule has 34 heavy (non-hydrogen) atoms. The summed E-state index contributed by atoms with van der Waals surface area (Å²) in [5.41, 5.74) is 2.07. The van der Waals surface area contributed by atoms with E-state index in [1.54, 1.807) is 11.0 Å². The first-order valence-corrected chi connectivity index (χ1v) is 14.8. The average molecular weight is 541 g/mol. The lowest BCUT2D eigenvalue weighted by atomic mass is 10.2. The van der Waals surface area contributed by atoms with E-state index in [0.29, 0.717) is 35.4 Å². The summed E-state index contributed by atoms with van der Waals surface area (Å²) in [4.78, 5) is 22.4. The SMILES string of the molecule is CCc1ccc2nc(N(CCCN(C)C)C(=O)C3CCCN3S(=O)(=O)c3ccc(Cl)s3)sc2c1. The van der Waals surface area contributed by atoms with Crippen molar-refractivity contribution in [3.63, 3.8) is 0 Å². The van der Waals surface area contributed by atoms with E-state index in [1.165, 1.54) is 27.3 Å². The van der Waals surface area contributed by atoms with E-state index >= 15 is 0 Å². The lowest BCUT2D eigenvalue weighted by Gasteiger charge is -2.28. The molecule has 3 heterocycles. The van der Waals surface area contributed by atoms with Gasteiger partial charge in [-0.25, -0.2) is 13.4 Å². The van der Waals surface area contributed by atoms with Crippen LogP contribution >= 0.6 is 34.3 Å². The molecule has 4 rings (SSSR count). The van der Waals surface area contributed by atoms with Crippen LogP contribution in [0.15, 0.2) is 34.5 Å². The van der Waals surface area contributed by atoms with Gasteiger partial charge in [-0.2, -0.15) is 4.31 Å². The number of sulfonamides is 1. The molecule has 1 aromatic carbocycles. The number of benzene rings is 1. The van der Waals surface area contributed by atoms with Crippen LogP contribution in [0.1, 0.15) is 31.7 Å². The first kappa shape index (κ1) is 25.5. The van der Waals surface area contributed by atoms with Gasteiger partial charge in [0.05, 0.1) is 14.6 Å². The number of amides is 1. The molecule has 1 aliphatic heterocycles. The molecule has 0 N–H and O–H groups in total. The van der Waals surface area contributed by atoms with Crippen LogP contribution in [0, 0.1) is 0 Å². The molecule has 0 aliphatic carbocycles. The van der Waals surface area contributed by atoms with Gasteiger partial charge in [0.1, 0.15) is 10.3 Å². The molecule has 3 aromatic rings. The molecule has 1 unspecified atom stereocenters. The van der Waals surface area contributed by atoms with Crippen molar-refractivity contribution in [1.29, 1.82) is 0 Å². The van der Waals surface area contributed by atoms with E-state index in [4.69, 9.17) is 16.6 Å². The van der Waals surface area contributed by atoms with E-state index in [0.717, 1.165) is 40.9 Å². The Hall–Kier alpha value is -1.56. The van der Waals surface area contributed by atoms with Crippen LogP contribution in [0.4, 0.5) is 5.13 Å². The molecular weight excluding hydrogens is 512 g/mol. The third-order valence-corrected chi connectivity index (χ3v) is 10.6. The first-order chi connectivity index (χ1) is 16.2. The zero-order chi connectivity index (χ0) is 24.5. The molecule has 1 saturated heterocycles. The molecule has 11 heteroatoms. The predicted octanol–water partition coefficient (Wildman–Crippen LogP) is 4.71. The number of nitrogens with zero attached hydrogens (tertiary/aromatic N) is 4. The number of hydrogen-bond acceptors (Lipinski definition) is 7.